The van der Waals surface area contributed by atoms with Crippen LogP contribution in [0, 0.1) is 5.41 Å². The number of carboxylic acids is 1. The first kappa shape index (κ1) is 18.3. The molecular weight excluding hydrogens is 412 g/mol. The molecule has 2 unspecified atom stereocenters. The molecule has 6 rings (SSSR count). The first-order chi connectivity index (χ1) is 14.5. The average Bonchev–Trinajstić information content (AvgIpc) is 3.42. The van der Waals surface area contributed by atoms with Gasteiger partial charge in [0.05, 0.1) is 10.9 Å². The molecule has 2 atom stereocenters. The molecule has 0 saturated carbocycles. The summed E-state index contributed by atoms with van der Waals surface area (Å²) in [6, 6.07) is 4.97. The first-order valence-corrected chi connectivity index (χ1v) is 9.83. The summed E-state index contributed by atoms with van der Waals surface area (Å²) in [6.07, 6.45) is 4.75. The van der Waals surface area contributed by atoms with Crippen LogP contribution in [0.1, 0.15) is 16.1 Å². The number of amides is 1. The third kappa shape index (κ3) is 3.08. The van der Waals surface area contributed by atoms with Gasteiger partial charge in [0, 0.05) is 12.6 Å². The Hall–Kier alpha value is -3.73. The van der Waals surface area contributed by atoms with Gasteiger partial charge in [0.15, 0.2) is 4.88 Å². The standard InChI is InChI=1S/C19H14N4O6S/c24-16(20-8-19-5-3-10(4-6-19)27-15(19)18(25)26)14-17(21-9-30-14)28-11-1-2-12-13(7-11)23-29-22-12/h1-5,7,9,15H,6,8H2,(H,20,24)(H,25,26). The van der Waals surface area contributed by atoms with Crippen LogP contribution in [-0.4, -0.2) is 44.9 Å². The molecule has 2 N–H and O–H groups in total. The Bertz CT molecular complexity index is 1210. The molecule has 0 fully saturated rings. The number of nitrogens with zero attached hydrogens (tertiary/aromatic N) is 3. The predicted molar refractivity (Wildman–Crippen MR) is 103 cm³/mol. The van der Waals surface area contributed by atoms with Gasteiger partial charge in [-0.15, -0.1) is 11.3 Å². The summed E-state index contributed by atoms with van der Waals surface area (Å²) in [4.78, 5) is 28.8. The number of fused-ring (bicyclic) bond motifs is 3. The quantitative estimate of drug-likeness (QED) is 0.609. The summed E-state index contributed by atoms with van der Waals surface area (Å²) >= 11 is 1.12. The lowest BCUT2D eigenvalue weighted by molar-refractivity contribution is -0.155. The van der Waals surface area contributed by atoms with Crippen molar-refractivity contribution in [1.29, 1.82) is 0 Å². The van der Waals surface area contributed by atoms with E-state index in [-0.39, 0.29) is 17.3 Å². The van der Waals surface area contributed by atoms with Crippen LogP contribution < -0.4 is 10.1 Å². The normalized spacial score (nSPS) is 21.9. The van der Waals surface area contributed by atoms with Gasteiger partial charge in [-0.05, 0) is 41.0 Å². The lowest BCUT2D eigenvalue weighted by Gasteiger charge is -2.42. The van der Waals surface area contributed by atoms with Crippen LogP contribution in [0.3, 0.4) is 0 Å². The molecule has 2 aromatic heterocycles. The summed E-state index contributed by atoms with van der Waals surface area (Å²) in [7, 11) is 0. The second kappa shape index (κ2) is 6.95. The van der Waals surface area contributed by atoms with E-state index in [1.165, 1.54) is 5.51 Å². The number of aromatic nitrogens is 3. The number of thiazole rings is 1. The second-order valence-corrected chi connectivity index (χ2v) is 7.75. The van der Waals surface area contributed by atoms with E-state index in [9.17, 15) is 14.7 Å². The highest BCUT2D eigenvalue weighted by atomic mass is 32.1. The maximum absolute atomic E-state index is 12.8. The number of nitrogens with one attached hydrogen (secondary N) is 1. The van der Waals surface area contributed by atoms with Crippen LogP contribution in [0.2, 0.25) is 0 Å². The highest BCUT2D eigenvalue weighted by Gasteiger charge is 2.48. The minimum Gasteiger partial charge on any atom is -0.478 e. The number of rotatable bonds is 6. The summed E-state index contributed by atoms with van der Waals surface area (Å²) in [6.45, 7) is 0.0942. The Balaban J connectivity index is 1.32. The van der Waals surface area contributed by atoms with E-state index < -0.39 is 23.4 Å². The van der Waals surface area contributed by atoms with Crippen molar-refractivity contribution >= 4 is 34.2 Å². The molecule has 11 heteroatoms. The van der Waals surface area contributed by atoms with Crippen LogP contribution in [0.4, 0.5) is 0 Å². The third-order valence-electron chi connectivity index (χ3n) is 5.02. The molecule has 0 spiro atoms. The number of carbonyl (C=O) groups is 2. The van der Waals surface area contributed by atoms with Crippen molar-refractivity contribution in [2.24, 2.45) is 5.41 Å². The zero-order valence-electron chi connectivity index (χ0n) is 15.3. The van der Waals surface area contributed by atoms with E-state index in [0.717, 1.165) is 11.3 Å². The van der Waals surface area contributed by atoms with Crippen molar-refractivity contribution in [3.8, 4) is 11.6 Å². The largest absolute Gasteiger partial charge is 0.478 e. The van der Waals surface area contributed by atoms with Crippen molar-refractivity contribution in [2.75, 3.05) is 6.54 Å². The molecule has 152 valence electrons. The fraction of sp³-hybridized carbons (Fsp3) is 0.211. The van der Waals surface area contributed by atoms with Crippen molar-refractivity contribution in [3.05, 3.63) is 52.6 Å². The van der Waals surface area contributed by atoms with Crippen molar-refractivity contribution in [3.63, 3.8) is 0 Å². The Morgan fingerprint density at radius 1 is 1.33 bits per heavy atom. The number of allylic oxidation sites excluding steroid dienone is 2. The van der Waals surface area contributed by atoms with E-state index in [2.05, 4.69) is 25.2 Å². The second-order valence-electron chi connectivity index (χ2n) is 6.90. The number of hydrogen-bond acceptors (Lipinski definition) is 9. The molecule has 0 saturated heterocycles. The zero-order chi connectivity index (χ0) is 20.7. The van der Waals surface area contributed by atoms with E-state index in [1.807, 2.05) is 6.08 Å². The fourth-order valence-corrected chi connectivity index (χ4v) is 4.08. The highest BCUT2D eigenvalue weighted by molar-refractivity contribution is 7.12. The topological polar surface area (TPSA) is 137 Å². The van der Waals surface area contributed by atoms with Gasteiger partial charge in [0.25, 0.3) is 5.91 Å². The van der Waals surface area contributed by atoms with Gasteiger partial charge in [0.2, 0.25) is 12.0 Å². The number of carbonyl (C=O) groups excluding carboxylic acids is 1. The molecule has 10 nitrogen and oxygen atoms in total. The number of hydrogen-bond donors (Lipinski definition) is 2. The average molecular weight is 426 g/mol. The third-order valence-corrected chi connectivity index (χ3v) is 5.83. The van der Waals surface area contributed by atoms with Gasteiger partial charge in [-0.2, -0.15) is 0 Å². The van der Waals surface area contributed by atoms with Gasteiger partial charge in [-0.1, -0.05) is 6.08 Å². The van der Waals surface area contributed by atoms with Gasteiger partial charge in [-0.3, -0.25) is 4.79 Å². The highest BCUT2D eigenvalue weighted by Crippen LogP contribution is 2.41. The summed E-state index contributed by atoms with van der Waals surface area (Å²) in [5, 5.41) is 19.8. The number of carboxylic acid groups (broad SMARTS) is 1. The Morgan fingerprint density at radius 2 is 2.20 bits per heavy atom. The van der Waals surface area contributed by atoms with Crippen molar-refractivity contribution in [2.45, 2.75) is 12.5 Å². The van der Waals surface area contributed by atoms with Crippen molar-refractivity contribution in [1.82, 2.24) is 20.6 Å². The summed E-state index contributed by atoms with van der Waals surface area (Å²) in [5.41, 5.74) is 1.75. The van der Waals surface area contributed by atoms with Crippen LogP contribution in [0.15, 0.2) is 52.3 Å². The number of aliphatic carboxylic acids is 1. The van der Waals surface area contributed by atoms with Crippen LogP contribution >= 0.6 is 11.3 Å². The molecule has 2 aliphatic heterocycles. The first-order valence-electron chi connectivity index (χ1n) is 8.95. The number of ether oxygens (including phenoxy) is 2. The molecule has 3 aromatic rings. The predicted octanol–water partition coefficient (Wildman–Crippen LogP) is 2.52. The maximum Gasteiger partial charge on any atom is 0.345 e. The van der Waals surface area contributed by atoms with Crippen molar-refractivity contribution < 1.29 is 28.8 Å². The van der Waals surface area contributed by atoms with E-state index >= 15 is 0 Å². The van der Waals surface area contributed by atoms with E-state index in [1.54, 1.807) is 30.4 Å². The molecule has 1 aromatic carbocycles. The zero-order valence-corrected chi connectivity index (χ0v) is 16.1. The van der Waals surface area contributed by atoms with E-state index in [0.29, 0.717) is 29.0 Å². The monoisotopic (exact) mass is 426 g/mol. The Morgan fingerprint density at radius 3 is 3.00 bits per heavy atom. The van der Waals surface area contributed by atoms with Crippen LogP contribution in [0.5, 0.6) is 11.6 Å². The molecule has 0 radical (unpaired) electrons. The minimum atomic E-state index is -1.07. The minimum absolute atomic E-state index is 0.0942. The molecule has 4 heterocycles. The van der Waals surface area contributed by atoms with Gasteiger partial charge >= 0.3 is 5.97 Å². The van der Waals surface area contributed by atoms with Crippen LogP contribution in [-0.2, 0) is 9.53 Å². The summed E-state index contributed by atoms with van der Waals surface area (Å²) < 4.78 is 15.9. The lowest BCUT2D eigenvalue weighted by Crippen LogP contribution is -2.51. The van der Waals surface area contributed by atoms with Crippen LogP contribution in [0.25, 0.3) is 11.0 Å². The smallest absolute Gasteiger partial charge is 0.345 e. The fourth-order valence-electron chi connectivity index (χ4n) is 3.45. The lowest BCUT2D eigenvalue weighted by atomic mass is 9.74. The Kier molecular flexibility index (Phi) is 4.24. The summed E-state index contributed by atoms with van der Waals surface area (Å²) in [5.74, 6) is -0.381. The maximum atomic E-state index is 12.8. The Labute approximate surface area is 172 Å². The SMILES string of the molecule is O=C(NCC12C=CC(=CC1)OC2C(=O)O)c1scnc1Oc1ccc2nonc2c1. The van der Waals surface area contributed by atoms with Gasteiger partial charge < -0.3 is 19.9 Å². The van der Waals surface area contributed by atoms with E-state index in [4.69, 9.17) is 9.47 Å². The molecule has 2 bridgehead atoms. The molecule has 30 heavy (non-hydrogen) atoms. The molecule has 3 aliphatic rings. The van der Waals surface area contributed by atoms with Gasteiger partial charge in [-0.25, -0.2) is 14.4 Å². The molecule has 1 aliphatic carbocycles. The van der Waals surface area contributed by atoms with Gasteiger partial charge in [0.1, 0.15) is 22.5 Å². The molecular formula is C19H14N4O6S. The number of benzene rings is 1. The molecule has 1 amide bonds.